The van der Waals surface area contributed by atoms with Gasteiger partial charge in [0.05, 0.1) is 0 Å². The normalized spacial score (nSPS) is 18.4. The van der Waals surface area contributed by atoms with E-state index in [0.717, 1.165) is 0 Å². The summed E-state index contributed by atoms with van der Waals surface area (Å²) in [6.45, 7) is 17.1. The maximum atomic E-state index is 2.50. The van der Waals surface area contributed by atoms with Crippen molar-refractivity contribution in [2.24, 2.45) is 0 Å². The van der Waals surface area contributed by atoms with E-state index in [4.69, 9.17) is 0 Å². The molecule has 0 bridgehead atoms. The first-order valence-electron chi connectivity index (χ1n) is 10.7. The first-order chi connectivity index (χ1) is 13.6. The van der Waals surface area contributed by atoms with E-state index >= 15 is 0 Å². The van der Waals surface area contributed by atoms with Gasteiger partial charge in [0.1, 0.15) is 0 Å². The van der Waals surface area contributed by atoms with Crippen LogP contribution in [-0.2, 0) is 0 Å². The summed E-state index contributed by atoms with van der Waals surface area (Å²) >= 11 is 0. The van der Waals surface area contributed by atoms with E-state index in [-0.39, 0.29) is 7.92 Å². The molecule has 0 amide bonds. The van der Waals surface area contributed by atoms with Crippen molar-refractivity contribution >= 4 is 26.5 Å². The topological polar surface area (TPSA) is 0 Å². The molecule has 2 atom stereocenters. The van der Waals surface area contributed by atoms with Crippen molar-refractivity contribution in [2.75, 3.05) is 0 Å². The minimum Gasteiger partial charge on any atom is -0.0885 e. The predicted molar refractivity (Wildman–Crippen MR) is 136 cm³/mol. The van der Waals surface area contributed by atoms with Crippen LogP contribution < -0.4 is 10.6 Å². The Labute approximate surface area is 181 Å². The highest BCUT2D eigenvalue weighted by Gasteiger charge is 2.42. The van der Waals surface area contributed by atoms with E-state index < -0.39 is 7.92 Å². The molecular formula is C27H36P2. The molecule has 1 unspecified atom stereocenters. The number of hydrogen-bond acceptors (Lipinski definition) is 0. The Morgan fingerprint density at radius 1 is 0.724 bits per heavy atom. The van der Waals surface area contributed by atoms with E-state index in [9.17, 15) is 0 Å². The zero-order valence-corrected chi connectivity index (χ0v) is 20.8. The van der Waals surface area contributed by atoms with Crippen LogP contribution in [0.4, 0.5) is 0 Å². The average Bonchev–Trinajstić information content (AvgIpc) is 3.11. The quantitative estimate of drug-likeness (QED) is 0.439. The zero-order chi connectivity index (χ0) is 21.2. The van der Waals surface area contributed by atoms with E-state index in [1.165, 1.54) is 10.6 Å². The van der Waals surface area contributed by atoms with Crippen molar-refractivity contribution in [3.8, 4) is 0 Å². The van der Waals surface area contributed by atoms with Crippen LogP contribution in [0.1, 0.15) is 48.5 Å². The molecular weight excluding hydrogens is 386 g/mol. The molecule has 0 spiro atoms. The first-order valence-corrected chi connectivity index (χ1v) is 13.5. The molecule has 0 radical (unpaired) electrons. The largest absolute Gasteiger partial charge is 0.0885 e. The molecule has 0 heterocycles. The van der Waals surface area contributed by atoms with Gasteiger partial charge in [-0.1, -0.05) is 141 Å². The molecule has 1 aliphatic carbocycles. The van der Waals surface area contributed by atoms with Gasteiger partial charge in [0.25, 0.3) is 0 Å². The SMILES string of the molecule is C[C@@H](C1=CC=CC1P(c1ccccc1)c1ccccc1)P(C(C)(C)C)C(C)(C)C. The summed E-state index contributed by atoms with van der Waals surface area (Å²) < 4.78 is 0. The van der Waals surface area contributed by atoms with Gasteiger partial charge in [-0.2, -0.15) is 0 Å². The first kappa shape index (κ1) is 22.5. The van der Waals surface area contributed by atoms with Crippen LogP contribution in [-0.4, -0.2) is 21.6 Å². The molecule has 2 aromatic carbocycles. The maximum Gasteiger partial charge on any atom is 0.0273 e. The fourth-order valence-corrected chi connectivity index (χ4v) is 12.9. The number of hydrogen-bond donors (Lipinski definition) is 0. The van der Waals surface area contributed by atoms with Crippen LogP contribution in [0.25, 0.3) is 0 Å². The Bertz CT molecular complexity index is 797. The number of rotatable bonds is 5. The average molecular weight is 423 g/mol. The Balaban J connectivity index is 2.04. The second-order valence-electron chi connectivity index (χ2n) is 9.93. The van der Waals surface area contributed by atoms with Gasteiger partial charge >= 0.3 is 0 Å². The third-order valence-electron chi connectivity index (χ3n) is 5.59. The van der Waals surface area contributed by atoms with Crippen molar-refractivity contribution in [3.05, 3.63) is 84.5 Å². The van der Waals surface area contributed by atoms with E-state index in [0.29, 0.717) is 21.6 Å². The maximum absolute atomic E-state index is 2.50. The lowest BCUT2D eigenvalue weighted by atomic mass is 10.1. The van der Waals surface area contributed by atoms with Crippen molar-refractivity contribution in [3.63, 3.8) is 0 Å². The lowest BCUT2D eigenvalue weighted by Gasteiger charge is -2.47. The molecule has 29 heavy (non-hydrogen) atoms. The van der Waals surface area contributed by atoms with Gasteiger partial charge in [-0.3, -0.25) is 0 Å². The molecule has 0 aliphatic heterocycles. The Morgan fingerprint density at radius 3 is 1.59 bits per heavy atom. The van der Waals surface area contributed by atoms with Crippen LogP contribution in [0.5, 0.6) is 0 Å². The minimum atomic E-state index is -0.465. The summed E-state index contributed by atoms with van der Waals surface area (Å²) in [5.74, 6) is 0. The van der Waals surface area contributed by atoms with Gasteiger partial charge in [-0.25, -0.2) is 0 Å². The number of allylic oxidation sites excluding steroid dienone is 4. The molecule has 0 nitrogen and oxygen atoms in total. The molecule has 1 aliphatic rings. The molecule has 0 saturated heterocycles. The van der Waals surface area contributed by atoms with Gasteiger partial charge in [-0.05, 0) is 34.5 Å². The fraction of sp³-hybridized carbons (Fsp3) is 0.407. The monoisotopic (exact) mass is 422 g/mol. The Kier molecular flexibility index (Phi) is 6.88. The molecule has 154 valence electrons. The standard InChI is InChI=1S/C27H36P2/c1-21(29(26(2,3)4)27(5,6)7)24-19-14-20-25(24)28(22-15-10-8-11-16-22)23-17-12-9-13-18-23/h8-21,25H,1-7H3/t21-,25?/m0/s1. The second-order valence-corrected chi connectivity index (χ2v) is 16.5. The van der Waals surface area contributed by atoms with Crippen LogP contribution >= 0.6 is 15.8 Å². The number of benzene rings is 2. The summed E-state index contributed by atoms with van der Waals surface area (Å²) in [7, 11) is -0.667. The minimum absolute atomic E-state index is 0.202. The van der Waals surface area contributed by atoms with Crippen molar-refractivity contribution < 1.29 is 0 Å². The van der Waals surface area contributed by atoms with E-state index in [2.05, 4.69) is 127 Å². The third-order valence-corrected chi connectivity index (χ3v) is 12.3. The molecule has 2 heteroatoms. The van der Waals surface area contributed by atoms with Crippen molar-refractivity contribution in [1.82, 2.24) is 0 Å². The van der Waals surface area contributed by atoms with Crippen LogP contribution in [0, 0.1) is 0 Å². The van der Waals surface area contributed by atoms with Crippen molar-refractivity contribution in [2.45, 2.75) is 70.1 Å². The van der Waals surface area contributed by atoms with Crippen LogP contribution in [0.2, 0.25) is 0 Å². The second kappa shape index (κ2) is 8.88. The third kappa shape index (κ3) is 5.10. The molecule has 0 fully saturated rings. The lowest BCUT2D eigenvalue weighted by molar-refractivity contribution is 0.693. The summed E-state index contributed by atoms with van der Waals surface area (Å²) in [6.07, 6.45) is 7.22. The molecule has 2 aromatic rings. The lowest BCUT2D eigenvalue weighted by Crippen LogP contribution is -2.33. The highest BCUT2D eigenvalue weighted by Crippen LogP contribution is 2.65. The smallest absolute Gasteiger partial charge is 0.0273 e. The highest BCUT2D eigenvalue weighted by atomic mass is 31.1. The summed E-state index contributed by atoms with van der Waals surface area (Å²) in [4.78, 5) is 0. The van der Waals surface area contributed by atoms with Gasteiger partial charge in [0, 0.05) is 5.66 Å². The van der Waals surface area contributed by atoms with Crippen LogP contribution in [0.15, 0.2) is 84.5 Å². The van der Waals surface area contributed by atoms with E-state index in [1.54, 1.807) is 5.57 Å². The Hall–Kier alpha value is -1.22. The predicted octanol–water partition coefficient (Wildman–Crippen LogP) is 7.45. The molecule has 3 rings (SSSR count). The summed E-state index contributed by atoms with van der Waals surface area (Å²) in [5, 5.41) is 3.59. The van der Waals surface area contributed by atoms with Gasteiger partial charge < -0.3 is 0 Å². The Morgan fingerprint density at radius 2 is 1.17 bits per heavy atom. The summed E-state index contributed by atoms with van der Waals surface area (Å²) in [6, 6.07) is 22.3. The van der Waals surface area contributed by atoms with Crippen molar-refractivity contribution in [1.29, 1.82) is 0 Å². The van der Waals surface area contributed by atoms with Crippen LogP contribution in [0.3, 0.4) is 0 Å². The molecule has 0 aromatic heterocycles. The molecule has 0 N–H and O–H groups in total. The van der Waals surface area contributed by atoms with Gasteiger partial charge in [0.15, 0.2) is 0 Å². The zero-order valence-electron chi connectivity index (χ0n) is 19.1. The molecule has 0 saturated carbocycles. The van der Waals surface area contributed by atoms with Gasteiger partial charge in [-0.15, -0.1) is 0 Å². The summed E-state index contributed by atoms with van der Waals surface area (Å²) in [5.41, 5.74) is 2.72. The van der Waals surface area contributed by atoms with Gasteiger partial charge in [0.2, 0.25) is 0 Å². The fourth-order valence-electron chi connectivity index (χ4n) is 5.07. The highest BCUT2D eigenvalue weighted by molar-refractivity contribution is 7.74. The van der Waals surface area contributed by atoms with E-state index in [1.807, 2.05) is 0 Å².